The molecule has 98 valence electrons. The smallest absolute Gasteiger partial charge is 0.142 e. The number of benzene rings is 1. The number of nitriles is 1. The van der Waals surface area contributed by atoms with Crippen molar-refractivity contribution in [3.8, 4) is 6.07 Å². The Morgan fingerprint density at radius 2 is 2.26 bits per heavy atom. The predicted octanol–water partition coefficient (Wildman–Crippen LogP) is 3.00. The molecule has 1 heterocycles. The summed E-state index contributed by atoms with van der Waals surface area (Å²) in [5, 5.41) is 16.4. The molecule has 0 atom stereocenters. The van der Waals surface area contributed by atoms with Gasteiger partial charge in [0.1, 0.15) is 23.3 Å². The first-order valence-corrected chi connectivity index (χ1v) is 6.02. The van der Waals surface area contributed by atoms with E-state index in [-0.39, 0.29) is 5.02 Å². The van der Waals surface area contributed by atoms with Crippen LogP contribution in [-0.4, -0.2) is 9.78 Å². The third-order valence-electron chi connectivity index (χ3n) is 2.78. The van der Waals surface area contributed by atoms with Gasteiger partial charge in [-0.3, -0.25) is 4.68 Å². The van der Waals surface area contributed by atoms with Crippen molar-refractivity contribution in [3.05, 3.63) is 45.9 Å². The number of aromatic nitrogens is 2. The quantitative estimate of drug-likeness (QED) is 0.939. The van der Waals surface area contributed by atoms with E-state index in [0.29, 0.717) is 23.6 Å². The van der Waals surface area contributed by atoms with Crippen molar-refractivity contribution in [2.75, 3.05) is 5.32 Å². The average Bonchev–Trinajstić information content (AvgIpc) is 2.64. The van der Waals surface area contributed by atoms with Crippen molar-refractivity contribution < 1.29 is 4.39 Å². The Morgan fingerprint density at radius 1 is 1.53 bits per heavy atom. The number of aryl methyl sites for hydroxylation is 2. The fraction of sp³-hybridized carbons (Fsp3) is 0.231. The van der Waals surface area contributed by atoms with Crippen LogP contribution in [0.2, 0.25) is 5.02 Å². The van der Waals surface area contributed by atoms with E-state index in [1.807, 2.05) is 0 Å². The van der Waals surface area contributed by atoms with Crippen LogP contribution in [0.1, 0.15) is 16.8 Å². The molecule has 6 heteroatoms. The van der Waals surface area contributed by atoms with E-state index < -0.39 is 5.82 Å². The maximum Gasteiger partial charge on any atom is 0.142 e. The Morgan fingerprint density at radius 3 is 2.89 bits per heavy atom. The minimum atomic E-state index is -0.445. The first-order valence-electron chi connectivity index (χ1n) is 5.64. The van der Waals surface area contributed by atoms with Gasteiger partial charge in [-0.25, -0.2) is 4.39 Å². The molecule has 0 unspecified atom stereocenters. The summed E-state index contributed by atoms with van der Waals surface area (Å²) in [7, 11) is 1.76. The fourth-order valence-electron chi connectivity index (χ4n) is 1.83. The van der Waals surface area contributed by atoms with Crippen molar-refractivity contribution in [2.24, 2.45) is 7.05 Å². The minimum absolute atomic E-state index is 0.0843. The lowest BCUT2D eigenvalue weighted by Gasteiger charge is -2.07. The van der Waals surface area contributed by atoms with Gasteiger partial charge < -0.3 is 5.32 Å². The van der Waals surface area contributed by atoms with Gasteiger partial charge in [0, 0.05) is 13.6 Å². The summed E-state index contributed by atoms with van der Waals surface area (Å²) in [6.45, 7) is 2.21. The topological polar surface area (TPSA) is 53.6 Å². The normalized spacial score (nSPS) is 10.3. The van der Waals surface area contributed by atoms with Crippen molar-refractivity contribution in [1.29, 1.82) is 5.26 Å². The zero-order valence-corrected chi connectivity index (χ0v) is 11.3. The van der Waals surface area contributed by atoms with E-state index in [1.165, 1.54) is 6.07 Å². The van der Waals surface area contributed by atoms with Gasteiger partial charge in [-0.15, -0.1) is 0 Å². The second-order valence-corrected chi connectivity index (χ2v) is 4.55. The molecule has 0 bridgehead atoms. The molecule has 0 saturated carbocycles. The number of hydrogen-bond acceptors (Lipinski definition) is 3. The van der Waals surface area contributed by atoms with Crippen LogP contribution in [0.15, 0.2) is 18.2 Å². The lowest BCUT2D eigenvalue weighted by molar-refractivity contribution is 0.627. The molecule has 0 saturated heterocycles. The highest BCUT2D eigenvalue weighted by Crippen LogP contribution is 2.20. The molecule has 19 heavy (non-hydrogen) atoms. The zero-order valence-electron chi connectivity index (χ0n) is 10.5. The molecule has 0 spiro atoms. The molecule has 4 nitrogen and oxygen atoms in total. The number of halogens is 2. The van der Waals surface area contributed by atoms with E-state index in [1.54, 1.807) is 30.8 Å². The summed E-state index contributed by atoms with van der Waals surface area (Å²) in [6.07, 6.45) is 0. The summed E-state index contributed by atoms with van der Waals surface area (Å²) in [4.78, 5) is 0. The molecule has 2 aromatic rings. The Labute approximate surface area is 115 Å². The van der Waals surface area contributed by atoms with Gasteiger partial charge >= 0.3 is 0 Å². The van der Waals surface area contributed by atoms with Crippen LogP contribution in [0, 0.1) is 24.1 Å². The summed E-state index contributed by atoms with van der Waals surface area (Å²) in [5.41, 5.74) is 2.01. The summed E-state index contributed by atoms with van der Waals surface area (Å²) in [6, 6.07) is 6.63. The standard InChI is InChI=1S/C13H12ClFN4/c1-8-10(6-16)13(19(2)18-8)17-7-9-3-4-12(15)11(14)5-9/h3-5,17H,7H2,1-2H3. The van der Waals surface area contributed by atoms with E-state index in [0.717, 1.165) is 5.56 Å². The Balaban J connectivity index is 2.19. The fourth-order valence-corrected chi connectivity index (χ4v) is 2.03. The highest BCUT2D eigenvalue weighted by Gasteiger charge is 2.12. The Kier molecular flexibility index (Phi) is 3.72. The van der Waals surface area contributed by atoms with Crippen molar-refractivity contribution in [2.45, 2.75) is 13.5 Å². The van der Waals surface area contributed by atoms with Crippen LogP contribution in [0.4, 0.5) is 10.2 Å². The molecular weight excluding hydrogens is 267 g/mol. The van der Waals surface area contributed by atoms with E-state index in [2.05, 4.69) is 16.5 Å². The van der Waals surface area contributed by atoms with Crippen molar-refractivity contribution in [1.82, 2.24) is 9.78 Å². The summed E-state index contributed by atoms with van der Waals surface area (Å²) < 4.78 is 14.6. The van der Waals surface area contributed by atoms with E-state index >= 15 is 0 Å². The molecule has 0 amide bonds. The maximum atomic E-state index is 13.0. The minimum Gasteiger partial charge on any atom is -0.365 e. The molecule has 1 aromatic heterocycles. The third-order valence-corrected chi connectivity index (χ3v) is 3.07. The van der Waals surface area contributed by atoms with Gasteiger partial charge in [0.25, 0.3) is 0 Å². The maximum absolute atomic E-state index is 13.0. The van der Waals surface area contributed by atoms with Gasteiger partial charge in [0.05, 0.1) is 10.7 Å². The Bertz CT molecular complexity index is 657. The number of hydrogen-bond donors (Lipinski definition) is 1. The molecule has 0 fully saturated rings. The van der Waals surface area contributed by atoms with Crippen LogP contribution in [0.25, 0.3) is 0 Å². The molecule has 2 rings (SSSR count). The predicted molar refractivity (Wildman–Crippen MR) is 71.4 cm³/mol. The molecular formula is C13H12ClFN4. The number of anilines is 1. The largest absolute Gasteiger partial charge is 0.365 e. The van der Waals surface area contributed by atoms with E-state index in [9.17, 15) is 4.39 Å². The summed E-state index contributed by atoms with van der Waals surface area (Å²) >= 11 is 5.72. The zero-order chi connectivity index (χ0) is 14.0. The van der Waals surface area contributed by atoms with Crippen molar-refractivity contribution in [3.63, 3.8) is 0 Å². The number of nitrogens with one attached hydrogen (secondary N) is 1. The van der Waals surface area contributed by atoms with Gasteiger partial charge in [-0.1, -0.05) is 17.7 Å². The van der Waals surface area contributed by atoms with Gasteiger partial charge in [0.15, 0.2) is 0 Å². The highest BCUT2D eigenvalue weighted by atomic mass is 35.5. The lowest BCUT2D eigenvalue weighted by Crippen LogP contribution is -2.06. The average molecular weight is 279 g/mol. The molecule has 0 radical (unpaired) electrons. The first-order chi connectivity index (χ1) is 9.02. The second-order valence-electron chi connectivity index (χ2n) is 4.15. The van der Waals surface area contributed by atoms with Crippen LogP contribution < -0.4 is 5.32 Å². The molecule has 0 aliphatic heterocycles. The van der Waals surface area contributed by atoms with E-state index in [4.69, 9.17) is 16.9 Å². The molecule has 0 aliphatic rings. The molecule has 1 N–H and O–H groups in total. The van der Waals surface area contributed by atoms with Gasteiger partial charge in [0.2, 0.25) is 0 Å². The SMILES string of the molecule is Cc1nn(C)c(NCc2ccc(F)c(Cl)c2)c1C#N. The van der Waals surface area contributed by atoms with Crippen LogP contribution >= 0.6 is 11.6 Å². The molecule has 1 aromatic carbocycles. The molecule has 0 aliphatic carbocycles. The first kappa shape index (κ1) is 13.4. The van der Waals surface area contributed by atoms with Gasteiger partial charge in [-0.05, 0) is 24.6 Å². The van der Waals surface area contributed by atoms with Crippen LogP contribution in [0.3, 0.4) is 0 Å². The Hall–Kier alpha value is -2.06. The van der Waals surface area contributed by atoms with Crippen LogP contribution in [0.5, 0.6) is 0 Å². The third kappa shape index (κ3) is 2.69. The lowest BCUT2D eigenvalue weighted by atomic mass is 10.2. The van der Waals surface area contributed by atoms with Gasteiger partial charge in [-0.2, -0.15) is 10.4 Å². The summed E-state index contributed by atoms with van der Waals surface area (Å²) in [5.74, 6) is 0.194. The number of nitrogens with zero attached hydrogens (tertiary/aromatic N) is 3. The van der Waals surface area contributed by atoms with Crippen LogP contribution in [-0.2, 0) is 13.6 Å². The second kappa shape index (κ2) is 5.29. The monoisotopic (exact) mass is 278 g/mol. The number of rotatable bonds is 3. The highest BCUT2D eigenvalue weighted by molar-refractivity contribution is 6.30. The van der Waals surface area contributed by atoms with Crippen molar-refractivity contribution >= 4 is 17.4 Å².